The van der Waals surface area contributed by atoms with Crippen molar-refractivity contribution in [2.75, 3.05) is 11.9 Å². The molecule has 1 heterocycles. The molecule has 0 amide bonds. The zero-order valence-corrected chi connectivity index (χ0v) is 8.53. The van der Waals surface area contributed by atoms with Crippen LogP contribution in [0.15, 0.2) is 6.20 Å². The quantitative estimate of drug-likeness (QED) is 0.737. The highest BCUT2D eigenvalue weighted by Gasteiger charge is 2.29. The highest BCUT2D eigenvalue weighted by molar-refractivity contribution is 5.31. The fraction of sp³-hybridized carbons (Fsp3) is 0.778. The Balaban J connectivity index is 1.91. The second-order valence-electron chi connectivity index (χ2n) is 4.17. The monoisotopic (exact) mass is 195 g/mol. The summed E-state index contributed by atoms with van der Waals surface area (Å²) in [6, 6.07) is 0. The van der Waals surface area contributed by atoms with E-state index in [1.165, 1.54) is 12.8 Å². The van der Waals surface area contributed by atoms with Crippen LogP contribution in [0, 0.1) is 0 Å². The number of nitrogens with zero attached hydrogens (tertiary/aromatic N) is 3. The Morgan fingerprint density at radius 1 is 1.57 bits per heavy atom. The van der Waals surface area contributed by atoms with Gasteiger partial charge in [0.15, 0.2) is 0 Å². The van der Waals surface area contributed by atoms with Crippen molar-refractivity contribution in [2.45, 2.75) is 31.2 Å². The molecule has 0 atom stereocenters. The third kappa shape index (κ3) is 1.87. The molecule has 1 aliphatic carbocycles. The number of hydrogen-bond donors (Lipinski definition) is 2. The van der Waals surface area contributed by atoms with E-state index in [4.69, 9.17) is 5.73 Å². The largest absolute Gasteiger partial charge is 0.367 e. The summed E-state index contributed by atoms with van der Waals surface area (Å²) in [5.74, 6) is 0.932. The van der Waals surface area contributed by atoms with Gasteiger partial charge in [-0.1, -0.05) is 18.1 Å². The molecule has 1 aliphatic rings. The van der Waals surface area contributed by atoms with Gasteiger partial charge in [0.1, 0.15) is 5.82 Å². The number of hydrogen-bond acceptors (Lipinski definition) is 4. The van der Waals surface area contributed by atoms with Crippen molar-refractivity contribution in [3.05, 3.63) is 6.20 Å². The molecule has 0 saturated heterocycles. The zero-order chi connectivity index (χ0) is 10.0. The van der Waals surface area contributed by atoms with Crippen LogP contribution in [0.25, 0.3) is 0 Å². The lowest BCUT2D eigenvalue weighted by atomic mass is 9.99. The van der Waals surface area contributed by atoms with Gasteiger partial charge in [-0.05, 0) is 12.8 Å². The number of aryl methyl sites for hydroxylation is 1. The molecule has 1 saturated carbocycles. The summed E-state index contributed by atoms with van der Waals surface area (Å²) in [6.07, 6.45) is 6.46. The van der Waals surface area contributed by atoms with Crippen LogP contribution in [0.5, 0.6) is 0 Å². The van der Waals surface area contributed by atoms with Crippen molar-refractivity contribution in [3.8, 4) is 0 Å². The van der Waals surface area contributed by atoms with E-state index in [1.807, 2.05) is 7.05 Å². The number of rotatable bonds is 3. The van der Waals surface area contributed by atoms with Crippen molar-refractivity contribution in [2.24, 2.45) is 12.8 Å². The van der Waals surface area contributed by atoms with Gasteiger partial charge in [0.2, 0.25) is 0 Å². The summed E-state index contributed by atoms with van der Waals surface area (Å²) in [5, 5.41) is 10.9. The second kappa shape index (κ2) is 3.57. The molecule has 0 bridgehead atoms. The molecular weight excluding hydrogens is 178 g/mol. The lowest BCUT2D eigenvalue weighted by Crippen LogP contribution is -2.43. The van der Waals surface area contributed by atoms with Crippen LogP contribution in [0.4, 0.5) is 5.82 Å². The minimum absolute atomic E-state index is 0.0235. The Hall–Kier alpha value is -1.10. The molecule has 78 valence electrons. The molecule has 1 aromatic rings. The van der Waals surface area contributed by atoms with Gasteiger partial charge in [-0.3, -0.25) is 0 Å². The predicted molar refractivity (Wildman–Crippen MR) is 54.9 cm³/mol. The average molecular weight is 195 g/mol. The van der Waals surface area contributed by atoms with Gasteiger partial charge in [-0.15, -0.1) is 5.10 Å². The fourth-order valence-electron chi connectivity index (χ4n) is 1.97. The summed E-state index contributed by atoms with van der Waals surface area (Å²) >= 11 is 0. The molecule has 0 aliphatic heterocycles. The van der Waals surface area contributed by atoms with Gasteiger partial charge >= 0.3 is 0 Å². The first-order valence-electron chi connectivity index (χ1n) is 5.07. The van der Waals surface area contributed by atoms with E-state index in [2.05, 4.69) is 15.6 Å². The lowest BCUT2D eigenvalue weighted by molar-refractivity contribution is 0.462. The minimum atomic E-state index is -0.0235. The molecule has 0 aromatic carbocycles. The van der Waals surface area contributed by atoms with E-state index < -0.39 is 0 Å². The summed E-state index contributed by atoms with van der Waals surface area (Å²) in [5.41, 5.74) is 6.19. The second-order valence-corrected chi connectivity index (χ2v) is 4.17. The Morgan fingerprint density at radius 3 is 2.86 bits per heavy atom. The summed E-state index contributed by atoms with van der Waals surface area (Å²) in [6.45, 7) is 0.814. The Kier molecular flexibility index (Phi) is 2.41. The Bertz CT molecular complexity index is 300. The summed E-state index contributed by atoms with van der Waals surface area (Å²) in [4.78, 5) is 0. The zero-order valence-electron chi connectivity index (χ0n) is 8.53. The molecule has 5 heteroatoms. The first-order valence-corrected chi connectivity index (χ1v) is 5.07. The van der Waals surface area contributed by atoms with E-state index >= 15 is 0 Å². The topological polar surface area (TPSA) is 68.8 Å². The third-order valence-electron chi connectivity index (χ3n) is 2.94. The van der Waals surface area contributed by atoms with Gasteiger partial charge in [0, 0.05) is 19.1 Å². The maximum atomic E-state index is 6.21. The predicted octanol–water partition coefficient (Wildman–Crippen LogP) is 0.498. The highest BCUT2D eigenvalue weighted by atomic mass is 15.4. The van der Waals surface area contributed by atoms with Crippen molar-refractivity contribution >= 4 is 5.82 Å². The smallest absolute Gasteiger partial charge is 0.144 e. The van der Waals surface area contributed by atoms with Gasteiger partial charge in [-0.2, -0.15) is 0 Å². The van der Waals surface area contributed by atoms with Gasteiger partial charge in [-0.25, -0.2) is 4.68 Å². The molecule has 1 fully saturated rings. The molecule has 2 rings (SSSR count). The van der Waals surface area contributed by atoms with Crippen LogP contribution in [0.3, 0.4) is 0 Å². The van der Waals surface area contributed by atoms with Gasteiger partial charge < -0.3 is 11.1 Å². The van der Waals surface area contributed by atoms with Crippen LogP contribution in [-0.4, -0.2) is 27.1 Å². The Morgan fingerprint density at radius 2 is 2.29 bits per heavy atom. The fourth-order valence-corrected chi connectivity index (χ4v) is 1.97. The number of nitrogens with two attached hydrogens (primary N) is 1. The maximum absolute atomic E-state index is 6.21. The molecule has 0 spiro atoms. The van der Waals surface area contributed by atoms with Crippen molar-refractivity contribution in [1.29, 1.82) is 0 Å². The minimum Gasteiger partial charge on any atom is -0.367 e. The van der Waals surface area contributed by atoms with Crippen LogP contribution in [-0.2, 0) is 7.05 Å². The number of aromatic nitrogens is 3. The highest BCUT2D eigenvalue weighted by Crippen LogP contribution is 2.27. The van der Waals surface area contributed by atoms with Crippen LogP contribution in [0.1, 0.15) is 25.7 Å². The number of nitrogens with one attached hydrogen (secondary N) is 1. The van der Waals surface area contributed by atoms with Crippen molar-refractivity contribution < 1.29 is 0 Å². The molecule has 5 nitrogen and oxygen atoms in total. The first-order chi connectivity index (χ1) is 6.70. The normalized spacial score (nSPS) is 19.9. The molecule has 0 radical (unpaired) electrons. The first kappa shape index (κ1) is 9.45. The lowest BCUT2D eigenvalue weighted by Gasteiger charge is -2.23. The van der Waals surface area contributed by atoms with Crippen LogP contribution >= 0.6 is 0 Å². The van der Waals surface area contributed by atoms with Gasteiger partial charge in [0.25, 0.3) is 0 Å². The molecule has 3 N–H and O–H groups in total. The maximum Gasteiger partial charge on any atom is 0.144 e. The SMILES string of the molecule is Cn1nncc1NCC1(N)CCCC1. The van der Waals surface area contributed by atoms with Crippen LogP contribution in [0.2, 0.25) is 0 Å². The molecule has 14 heavy (non-hydrogen) atoms. The molecule has 1 aromatic heterocycles. The van der Waals surface area contributed by atoms with Crippen molar-refractivity contribution in [1.82, 2.24) is 15.0 Å². The standard InChI is InChI=1S/C9H17N5/c1-14-8(6-12-13-14)11-7-9(10)4-2-3-5-9/h6,11H,2-5,7,10H2,1H3. The summed E-state index contributed by atoms with van der Waals surface area (Å²) < 4.78 is 1.72. The number of anilines is 1. The molecule has 0 unspecified atom stereocenters. The Labute approximate surface area is 83.7 Å². The van der Waals surface area contributed by atoms with E-state index in [0.717, 1.165) is 25.2 Å². The van der Waals surface area contributed by atoms with Crippen molar-refractivity contribution in [3.63, 3.8) is 0 Å². The third-order valence-corrected chi connectivity index (χ3v) is 2.94. The van der Waals surface area contributed by atoms with E-state index in [9.17, 15) is 0 Å². The van der Waals surface area contributed by atoms with E-state index in [1.54, 1.807) is 10.9 Å². The van der Waals surface area contributed by atoms with Gasteiger partial charge in [0.05, 0.1) is 6.20 Å². The van der Waals surface area contributed by atoms with E-state index in [-0.39, 0.29) is 5.54 Å². The molecular formula is C9H17N5. The average Bonchev–Trinajstić information content (AvgIpc) is 2.73. The van der Waals surface area contributed by atoms with E-state index in [0.29, 0.717) is 0 Å². The van der Waals surface area contributed by atoms with Crippen LogP contribution < -0.4 is 11.1 Å². The summed E-state index contributed by atoms with van der Waals surface area (Å²) in [7, 11) is 1.87.